The number of nitro benzene ring substituents is 1. The Morgan fingerprint density at radius 3 is 2.52 bits per heavy atom. The maximum Gasteiger partial charge on any atom is 0.273 e. The van der Waals surface area contributed by atoms with E-state index in [0.29, 0.717) is 17.7 Å². The highest BCUT2D eigenvalue weighted by molar-refractivity contribution is 5.96. The zero-order chi connectivity index (χ0) is 15.2. The summed E-state index contributed by atoms with van der Waals surface area (Å²) in [5, 5.41) is 13.7. The third kappa shape index (κ3) is 3.66. The summed E-state index contributed by atoms with van der Waals surface area (Å²) in [7, 11) is 0. The average Bonchev–Trinajstić information content (AvgIpc) is 2.48. The van der Waals surface area contributed by atoms with Crippen molar-refractivity contribution in [3.8, 4) is 0 Å². The van der Waals surface area contributed by atoms with Crippen LogP contribution in [0.1, 0.15) is 21.5 Å². The van der Waals surface area contributed by atoms with Crippen molar-refractivity contribution in [2.45, 2.75) is 13.3 Å². The summed E-state index contributed by atoms with van der Waals surface area (Å²) in [6.07, 6.45) is 0.723. The fourth-order valence-corrected chi connectivity index (χ4v) is 2.13. The summed E-state index contributed by atoms with van der Waals surface area (Å²) < 4.78 is 0. The van der Waals surface area contributed by atoms with Gasteiger partial charge in [0.1, 0.15) is 0 Å². The van der Waals surface area contributed by atoms with E-state index in [4.69, 9.17) is 0 Å². The number of carbonyl (C=O) groups excluding carboxylic acids is 1. The van der Waals surface area contributed by atoms with Gasteiger partial charge in [0.05, 0.1) is 4.92 Å². The maximum atomic E-state index is 12.1. The molecule has 2 rings (SSSR count). The predicted octanol–water partition coefficient (Wildman–Crippen LogP) is 2.88. The fraction of sp³-hybridized carbons (Fsp3) is 0.188. The Morgan fingerprint density at radius 2 is 1.86 bits per heavy atom. The molecule has 0 saturated carbocycles. The van der Waals surface area contributed by atoms with Gasteiger partial charge < -0.3 is 5.32 Å². The van der Waals surface area contributed by atoms with E-state index in [2.05, 4.69) is 5.32 Å². The molecule has 0 unspecified atom stereocenters. The number of rotatable bonds is 5. The summed E-state index contributed by atoms with van der Waals surface area (Å²) in [6, 6.07) is 14.3. The molecule has 0 spiro atoms. The molecule has 0 aliphatic heterocycles. The first kappa shape index (κ1) is 14.7. The van der Waals surface area contributed by atoms with E-state index in [1.807, 2.05) is 30.3 Å². The lowest BCUT2D eigenvalue weighted by Crippen LogP contribution is -2.26. The van der Waals surface area contributed by atoms with E-state index < -0.39 is 4.92 Å². The molecule has 0 radical (unpaired) electrons. The Balaban J connectivity index is 2.01. The third-order valence-corrected chi connectivity index (χ3v) is 3.29. The number of nitrogens with zero attached hydrogens (tertiary/aromatic N) is 1. The SMILES string of the molecule is Cc1c(C(=O)NCCc2ccccc2)cccc1[N+](=O)[O-]. The van der Waals surface area contributed by atoms with E-state index in [9.17, 15) is 14.9 Å². The topological polar surface area (TPSA) is 72.2 Å². The van der Waals surface area contributed by atoms with Gasteiger partial charge in [0.2, 0.25) is 0 Å². The molecule has 5 heteroatoms. The van der Waals surface area contributed by atoms with E-state index in [1.165, 1.54) is 12.1 Å². The first-order valence-corrected chi connectivity index (χ1v) is 6.65. The molecule has 0 saturated heterocycles. The molecular formula is C16H16N2O3. The fourth-order valence-electron chi connectivity index (χ4n) is 2.13. The van der Waals surface area contributed by atoms with Crippen molar-refractivity contribution in [2.75, 3.05) is 6.54 Å². The summed E-state index contributed by atoms with van der Waals surface area (Å²) >= 11 is 0. The first-order valence-electron chi connectivity index (χ1n) is 6.65. The second-order valence-corrected chi connectivity index (χ2v) is 4.70. The Bertz CT molecular complexity index is 654. The molecule has 0 aliphatic rings. The highest BCUT2D eigenvalue weighted by Gasteiger charge is 2.17. The van der Waals surface area contributed by atoms with Gasteiger partial charge >= 0.3 is 0 Å². The van der Waals surface area contributed by atoms with Crippen molar-refractivity contribution < 1.29 is 9.72 Å². The molecule has 0 aromatic heterocycles. The van der Waals surface area contributed by atoms with Crippen LogP contribution >= 0.6 is 0 Å². The monoisotopic (exact) mass is 284 g/mol. The summed E-state index contributed by atoms with van der Waals surface area (Å²) in [5.41, 5.74) is 1.83. The summed E-state index contributed by atoms with van der Waals surface area (Å²) in [4.78, 5) is 22.5. The van der Waals surface area contributed by atoms with Crippen LogP contribution in [0.4, 0.5) is 5.69 Å². The lowest BCUT2D eigenvalue weighted by atomic mass is 10.1. The summed E-state index contributed by atoms with van der Waals surface area (Å²) in [5.74, 6) is -0.285. The quantitative estimate of drug-likeness (QED) is 0.677. The largest absolute Gasteiger partial charge is 0.352 e. The maximum absolute atomic E-state index is 12.1. The van der Waals surface area contributed by atoms with Crippen LogP contribution in [0.5, 0.6) is 0 Å². The molecule has 108 valence electrons. The van der Waals surface area contributed by atoms with Crippen molar-refractivity contribution in [3.63, 3.8) is 0 Å². The number of benzene rings is 2. The molecular weight excluding hydrogens is 268 g/mol. The van der Waals surface area contributed by atoms with E-state index in [-0.39, 0.29) is 11.6 Å². The minimum absolute atomic E-state index is 0.0364. The van der Waals surface area contributed by atoms with Crippen LogP contribution < -0.4 is 5.32 Å². The van der Waals surface area contributed by atoms with Gasteiger partial charge in [-0.05, 0) is 25.0 Å². The number of carbonyl (C=O) groups is 1. The normalized spacial score (nSPS) is 10.1. The lowest BCUT2D eigenvalue weighted by molar-refractivity contribution is -0.385. The molecule has 21 heavy (non-hydrogen) atoms. The molecule has 0 bridgehead atoms. The van der Waals surface area contributed by atoms with Crippen LogP contribution in [0.3, 0.4) is 0 Å². The smallest absolute Gasteiger partial charge is 0.273 e. The minimum Gasteiger partial charge on any atom is -0.352 e. The van der Waals surface area contributed by atoms with Gasteiger partial charge in [-0.25, -0.2) is 0 Å². The minimum atomic E-state index is -0.476. The van der Waals surface area contributed by atoms with Crippen molar-refractivity contribution in [3.05, 3.63) is 75.3 Å². The highest BCUT2D eigenvalue weighted by atomic mass is 16.6. The van der Waals surface area contributed by atoms with Gasteiger partial charge in [0, 0.05) is 23.7 Å². The molecule has 0 aliphatic carbocycles. The summed E-state index contributed by atoms with van der Waals surface area (Å²) in [6.45, 7) is 2.08. The molecule has 0 heterocycles. The molecule has 2 aromatic rings. The standard InChI is InChI=1S/C16H16N2O3/c1-12-14(8-5-9-15(12)18(20)21)16(19)17-11-10-13-6-3-2-4-7-13/h2-9H,10-11H2,1H3,(H,17,19). The molecule has 5 nitrogen and oxygen atoms in total. The number of hydrogen-bond donors (Lipinski definition) is 1. The van der Waals surface area contributed by atoms with E-state index in [1.54, 1.807) is 13.0 Å². The second-order valence-electron chi connectivity index (χ2n) is 4.70. The number of nitro groups is 1. The van der Waals surface area contributed by atoms with Crippen LogP contribution in [0.2, 0.25) is 0 Å². The zero-order valence-corrected chi connectivity index (χ0v) is 11.7. The van der Waals surface area contributed by atoms with Gasteiger partial charge in [-0.1, -0.05) is 36.4 Å². The number of amides is 1. The van der Waals surface area contributed by atoms with Gasteiger partial charge in [0.25, 0.3) is 11.6 Å². The molecule has 1 amide bonds. The van der Waals surface area contributed by atoms with Crippen molar-refractivity contribution >= 4 is 11.6 Å². The highest BCUT2D eigenvalue weighted by Crippen LogP contribution is 2.20. The zero-order valence-electron chi connectivity index (χ0n) is 11.7. The van der Waals surface area contributed by atoms with Crippen molar-refractivity contribution in [1.29, 1.82) is 0 Å². The van der Waals surface area contributed by atoms with Crippen LogP contribution in [0.15, 0.2) is 48.5 Å². The Kier molecular flexibility index (Phi) is 4.66. The van der Waals surface area contributed by atoms with Gasteiger partial charge in [-0.15, -0.1) is 0 Å². The van der Waals surface area contributed by atoms with Crippen molar-refractivity contribution in [1.82, 2.24) is 5.32 Å². The Morgan fingerprint density at radius 1 is 1.14 bits per heavy atom. The Hall–Kier alpha value is -2.69. The Labute approximate surface area is 122 Å². The van der Waals surface area contributed by atoms with Crippen molar-refractivity contribution in [2.24, 2.45) is 0 Å². The molecule has 0 fully saturated rings. The van der Waals surface area contributed by atoms with Crippen LogP contribution in [0, 0.1) is 17.0 Å². The van der Waals surface area contributed by atoms with Crippen LogP contribution in [0.25, 0.3) is 0 Å². The molecule has 1 N–H and O–H groups in total. The van der Waals surface area contributed by atoms with Gasteiger partial charge in [0.15, 0.2) is 0 Å². The molecule has 2 aromatic carbocycles. The van der Waals surface area contributed by atoms with Gasteiger partial charge in [-0.2, -0.15) is 0 Å². The van der Waals surface area contributed by atoms with E-state index in [0.717, 1.165) is 12.0 Å². The average molecular weight is 284 g/mol. The molecule has 0 atom stereocenters. The number of hydrogen-bond acceptors (Lipinski definition) is 3. The van der Waals surface area contributed by atoms with Gasteiger partial charge in [-0.3, -0.25) is 14.9 Å². The van der Waals surface area contributed by atoms with E-state index >= 15 is 0 Å². The second kappa shape index (κ2) is 6.65. The first-order chi connectivity index (χ1) is 10.1. The number of nitrogens with one attached hydrogen (secondary N) is 1. The van der Waals surface area contributed by atoms with Crippen LogP contribution in [-0.2, 0) is 6.42 Å². The van der Waals surface area contributed by atoms with Crippen LogP contribution in [-0.4, -0.2) is 17.4 Å². The predicted molar refractivity (Wildman–Crippen MR) is 80.3 cm³/mol. The lowest BCUT2D eigenvalue weighted by Gasteiger charge is -2.08. The third-order valence-electron chi connectivity index (χ3n) is 3.29.